The van der Waals surface area contributed by atoms with Crippen LogP contribution in [0, 0.1) is 16.7 Å². The molecule has 2 aliphatic rings. The number of rotatable bonds is 5. The smallest absolute Gasteiger partial charge is 0.455 e. The summed E-state index contributed by atoms with van der Waals surface area (Å²) < 4.78 is 54.6. The van der Waals surface area contributed by atoms with Crippen LogP contribution in [0.25, 0.3) is 5.52 Å². The first-order chi connectivity index (χ1) is 18.2. The van der Waals surface area contributed by atoms with E-state index >= 15 is 0 Å². The molecule has 15 heteroatoms. The number of nitrogens with zero attached hydrogens (tertiary/aromatic N) is 4. The van der Waals surface area contributed by atoms with E-state index in [2.05, 4.69) is 14.8 Å². The van der Waals surface area contributed by atoms with Crippen LogP contribution in [0.3, 0.4) is 0 Å². The molecule has 0 aromatic carbocycles. The molecule has 0 spiro atoms. The van der Waals surface area contributed by atoms with Crippen molar-refractivity contribution < 1.29 is 46.8 Å². The second-order valence-electron chi connectivity index (χ2n) is 10.6. The Hall–Kier alpha value is -4.06. The predicted molar refractivity (Wildman–Crippen MR) is 125 cm³/mol. The molecular formula is C24H27F2N5O8. The van der Waals surface area contributed by atoms with Crippen molar-refractivity contribution in [3.05, 3.63) is 24.2 Å². The van der Waals surface area contributed by atoms with Crippen LogP contribution in [0.1, 0.15) is 46.2 Å². The zero-order valence-corrected chi connectivity index (χ0v) is 21.6. The van der Waals surface area contributed by atoms with E-state index in [-0.39, 0.29) is 24.4 Å². The first kappa shape index (κ1) is 28.0. The fourth-order valence-corrected chi connectivity index (χ4v) is 4.46. The number of hydrogen-bond acceptors (Lipinski definition) is 12. The van der Waals surface area contributed by atoms with E-state index in [9.17, 15) is 28.4 Å². The monoisotopic (exact) mass is 551 g/mol. The van der Waals surface area contributed by atoms with E-state index in [1.165, 1.54) is 16.6 Å². The van der Waals surface area contributed by atoms with Gasteiger partial charge < -0.3 is 29.4 Å². The van der Waals surface area contributed by atoms with Crippen molar-refractivity contribution >= 4 is 29.4 Å². The van der Waals surface area contributed by atoms with Gasteiger partial charge in [0.1, 0.15) is 30.6 Å². The van der Waals surface area contributed by atoms with E-state index < -0.39 is 66.1 Å². The van der Waals surface area contributed by atoms with Crippen LogP contribution in [0.5, 0.6) is 0 Å². The van der Waals surface area contributed by atoms with Gasteiger partial charge in [0.2, 0.25) is 5.60 Å². The molecule has 4 heterocycles. The van der Waals surface area contributed by atoms with Crippen molar-refractivity contribution in [2.75, 3.05) is 12.3 Å². The highest BCUT2D eigenvalue weighted by Crippen LogP contribution is 2.45. The molecule has 2 fully saturated rings. The minimum atomic E-state index is -3.00. The third kappa shape index (κ3) is 5.29. The molecular weight excluding hydrogens is 524 g/mol. The van der Waals surface area contributed by atoms with E-state index in [0.29, 0.717) is 5.52 Å². The van der Waals surface area contributed by atoms with Gasteiger partial charge >= 0.3 is 18.1 Å². The summed E-state index contributed by atoms with van der Waals surface area (Å²) in [6, 6.07) is 4.97. The number of nitriles is 1. The normalized spacial score (nSPS) is 27.0. The first-order valence-electron chi connectivity index (χ1n) is 11.9. The molecule has 0 amide bonds. The Morgan fingerprint density at radius 2 is 1.95 bits per heavy atom. The van der Waals surface area contributed by atoms with Gasteiger partial charge in [-0.15, -0.1) is 0 Å². The summed E-state index contributed by atoms with van der Waals surface area (Å²) in [4.78, 5) is 41.9. The highest BCUT2D eigenvalue weighted by Gasteiger charge is 2.63. The summed E-state index contributed by atoms with van der Waals surface area (Å²) in [5.74, 6) is -1.36. The lowest BCUT2D eigenvalue weighted by Gasteiger charge is -2.28. The van der Waals surface area contributed by atoms with E-state index in [0.717, 1.165) is 20.2 Å². The maximum absolute atomic E-state index is 13.1. The minimum absolute atomic E-state index is 0.0652. The predicted octanol–water partition coefficient (Wildman–Crippen LogP) is 2.27. The minimum Gasteiger partial charge on any atom is -0.455 e. The molecule has 0 radical (unpaired) electrons. The summed E-state index contributed by atoms with van der Waals surface area (Å²) >= 11 is 0. The number of carbonyl (C=O) groups excluding carboxylic acids is 3. The van der Waals surface area contributed by atoms with Gasteiger partial charge in [-0.05, 0) is 31.4 Å². The van der Waals surface area contributed by atoms with Crippen molar-refractivity contribution in [1.29, 1.82) is 5.26 Å². The van der Waals surface area contributed by atoms with Crippen molar-refractivity contribution in [1.82, 2.24) is 14.6 Å². The first-order valence-corrected chi connectivity index (χ1v) is 11.9. The second-order valence-corrected chi connectivity index (χ2v) is 10.6. The highest BCUT2D eigenvalue weighted by atomic mass is 19.3. The standard InChI is InChI=1S/C24H27F2N5O8/c1-22(2)7-15(32)36-17-13(9-35-21(34)39-23(3,4)20(25)26)38-24(10-27,18(17)37-16(33)8-22)14-6-5-12-19(28)29-11-30-31(12)14/h5-6,11,13,17-18,20H,7-9H2,1-4H3,(H2,28,29,30)/t13-,17-,18-,24+/m1/s1. The molecule has 2 N–H and O–H groups in total. The van der Waals surface area contributed by atoms with Gasteiger partial charge in [0.25, 0.3) is 6.43 Å². The second kappa shape index (κ2) is 9.92. The van der Waals surface area contributed by atoms with Crippen molar-refractivity contribution in [2.24, 2.45) is 5.41 Å². The Kier molecular flexibility index (Phi) is 7.11. The average molecular weight is 552 g/mol. The molecule has 39 heavy (non-hydrogen) atoms. The van der Waals surface area contributed by atoms with E-state index in [1.807, 2.05) is 6.07 Å². The third-order valence-corrected chi connectivity index (χ3v) is 6.44. The van der Waals surface area contributed by atoms with Gasteiger partial charge in [-0.25, -0.2) is 23.1 Å². The summed E-state index contributed by atoms with van der Waals surface area (Å²) in [7, 11) is 0. The Labute approximate surface area is 221 Å². The molecule has 4 atom stereocenters. The van der Waals surface area contributed by atoms with Gasteiger partial charge in [-0.1, -0.05) is 13.8 Å². The fraction of sp³-hybridized carbons (Fsp3) is 0.583. The molecule has 13 nitrogen and oxygen atoms in total. The topological polar surface area (TPSA) is 177 Å². The van der Waals surface area contributed by atoms with E-state index in [1.54, 1.807) is 13.8 Å². The number of alkyl halides is 2. The summed E-state index contributed by atoms with van der Waals surface area (Å²) in [6.07, 6.45) is -8.00. The number of carbonyl (C=O) groups is 3. The molecule has 2 saturated heterocycles. The molecule has 0 aliphatic carbocycles. The number of anilines is 1. The van der Waals surface area contributed by atoms with E-state index in [4.69, 9.17) is 24.7 Å². The number of hydrogen-bond donors (Lipinski definition) is 1. The molecule has 2 aliphatic heterocycles. The van der Waals surface area contributed by atoms with Gasteiger partial charge in [0, 0.05) is 0 Å². The number of nitrogen functional groups attached to an aromatic ring is 1. The Morgan fingerprint density at radius 1 is 1.28 bits per heavy atom. The van der Waals surface area contributed by atoms with Crippen LogP contribution >= 0.6 is 0 Å². The summed E-state index contributed by atoms with van der Waals surface area (Å²) in [5, 5.41) is 14.6. The fourth-order valence-electron chi connectivity index (χ4n) is 4.46. The number of fused-ring (bicyclic) bond motifs is 2. The van der Waals surface area contributed by atoms with Crippen LogP contribution in [-0.2, 0) is 38.9 Å². The van der Waals surface area contributed by atoms with Crippen LogP contribution in [0.15, 0.2) is 18.5 Å². The molecule has 210 valence electrons. The van der Waals surface area contributed by atoms with Gasteiger partial charge in [0.05, 0.1) is 18.5 Å². The van der Waals surface area contributed by atoms with Crippen molar-refractivity contribution in [2.45, 2.75) is 76.5 Å². The lowest BCUT2D eigenvalue weighted by atomic mass is 9.86. The highest BCUT2D eigenvalue weighted by molar-refractivity contribution is 5.75. The van der Waals surface area contributed by atoms with Crippen LogP contribution in [0.2, 0.25) is 0 Å². The van der Waals surface area contributed by atoms with Crippen LogP contribution < -0.4 is 5.73 Å². The number of esters is 2. The largest absolute Gasteiger partial charge is 0.509 e. The lowest BCUT2D eigenvalue weighted by molar-refractivity contribution is -0.166. The Bertz CT molecular complexity index is 1340. The van der Waals surface area contributed by atoms with Crippen molar-refractivity contribution in [3.8, 4) is 6.07 Å². The van der Waals surface area contributed by atoms with Gasteiger partial charge in [-0.3, -0.25) is 9.59 Å². The lowest BCUT2D eigenvalue weighted by Crippen LogP contribution is -2.46. The summed E-state index contributed by atoms with van der Waals surface area (Å²) in [5.41, 5.74) is 1.20. The van der Waals surface area contributed by atoms with Crippen LogP contribution in [-0.4, -0.2) is 69.6 Å². The molecule has 2 aromatic heterocycles. The van der Waals surface area contributed by atoms with Crippen molar-refractivity contribution in [3.63, 3.8) is 0 Å². The third-order valence-electron chi connectivity index (χ3n) is 6.44. The van der Waals surface area contributed by atoms with Crippen LogP contribution in [0.4, 0.5) is 19.4 Å². The SMILES string of the molecule is CC1(C)CC(=O)O[C@H]2[C@@H](OC(=O)C1)[C@](C#N)(c1ccc3c(N)ncnn13)O[C@@H]2COC(=O)OC(C)(C)C(F)F. The number of aromatic nitrogens is 3. The zero-order valence-electron chi connectivity index (χ0n) is 21.6. The molecule has 4 rings (SSSR count). The molecule has 0 bridgehead atoms. The van der Waals surface area contributed by atoms with Gasteiger partial charge in [0.15, 0.2) is 23.6 Å². The zero-order chi connectivity index (χ0) is 28.8. The molecule has 0 saturated carbocycles. The average Bonchev–Trinajstić information content (AvgIpc) is 3.38. The maximum atomic E-state index is 13.1. The Balaban J connectivity index is 1.74. The number of nitrogens with two attached hydrogens (primary N) is 1. The molecule has 2 aromatic rings. The maximum Gasteiger partial charge on any atom is 0.509 e. The Morgan fingerprint density at radius 3 is 2.59 bits per heavy atom. The number of ether oxygens (including phenoxy) is 5. The quantitative estimate of drug-likeness (QED) is 0.424. The summed E-state index contributed by atoms with van der Waals surface area (Å²) in [6.45, 7) is 4.64. The molecule has 0 unspecified atom stereocenters. The number of halogens is 2. The van der Waals surface area contributed by atoms with Gasteiger partial charge in [-0.2, -0.15) is 10.4 Å².